The third-order valence-corrected chi connectivity index (χ3v) is 29.1. The molecule has 0 N–H and O–H groups in total. The Morgan fingerprint density at radius 2 is 0.302 bits per heavy atom. The number of aryl methyl sites for hydroxylation is 9. The highest BCUT2D eigenvalue weighted by Crippen LogP contribution is 2.54. The third-order valence-electron chi connectivity index (χ3n) is 29.1. The lowest BCUT2D eigenvalue weighted by Gasteiger charge is -2.21. The Hall–Kier alpha value is -16.8. The zero-order chi connectivity index (χ0) is 105. The van der Waals surface area contributed by atoms with E-state index in [9.17, 15) is 74.6 Å². The monoisotopic (exact) mass is 1990 g/mol. The van der Waals surface area contributed by atoms with Gasteiger partial charge in [-0.3, -0.25) is 0 Å². The number of hydrogen-bond donors (Lipinski definition) is 0. The van der Waals surface area contributed by atoms with Crippen LogP contribution in [0.25, 0.3) is 218 Å². The molecule has 0 atom stereocenters. The summed E-state index contributed by atoms with van der Waals surface area (Å²) in [7, 11) is 0. The lowest BCUT2D eigenvalue weighted by Crippen LogP contribution is -2.04. The van der Waals surface area contributed by atoms with Crippen molar-refractivity contribution in [2.45, 2.75) is 80.8 Å². The van der Waals surface area contributed by atoms with E-state index < -0.39 is 81.8 Å². The van der Waals surface area contributed by atoms with Gasteiger partial charge in [-0.25, -0.2) is 35.1 Å². The van der Waals surface area contributed by atoms with E-state index in [2.05, 4.69) is 171 Å². The fourth-order valence-electron chi connectivity index (χ4n) is 21.0. The van der Waals surface area contributed by atoms with Crippen LogP contribution < -0.4 is 0 Å². The molecule has 24 aromatic carbocycles. The van der Waals surface area contributed by atoms with Gasteiger partial charge in [-0.15, -0.1) is 0 Å². The van der Waals surface area contributed by atoms with Crippen LogP contribution in [-0.4, -0.2) is 0 Å². The van der Waals surface area contributed by atoms with Crippen molar-refractivity contribution in [1.82, 2.24) is 0 Å². The maximum atomic E-state index is 14.6. The summed E-state index contributed by atoms with van der Waals surface area (Å²) in [5.74, 6) is -8.68. The molecule has 0 aliphatic rings. The summed E-state index contributed by atoms with van der Waals surface area (Å²) in [6.45, 7) is 18.6. The van der Waals surface area contributed by atoms with Crippen molar-refractivity contribution < 1.29 is 74.6 Å². The minimum atomic E-state index is -4.59. The largest absolute Gasteiger partial charge is 0.416 e. The van der Waals surface area contributed by atoms with Crippen LogP contribution in [0.3, 0.4) is 0 Å². The molecule has 0 fully saturated rings. The van der Waals surface area contributed by atoms with E-state index in [1.165, 1.54) is 63.7 Å². The predicted octanol–water partition coefficient (Wildman–Crippen LogP) is 40.9. The summed E-state index contributed by atoms with van der Waals surface area (Å²) in [5, 5.41) is 19.1. The standard InChI is InChI=1S/2C35H27F3.C31H15F7.C31H18F4/c1-20-14-29-31(16-22(20)3)34(27-13-12-24-8-5-6-9-25(24)18-27)32-17-23(4)21(2)15-30(32)33(29)26-10-7-11-28(19-26)35(36,37)38;1-20-15-29-31(17-22(20)3)34(27-10-9-24-7-5-6-8-26(24)19-27)32-18-23(4)21(2)16-30(32)33(29)25-11-13-28(14-12-25)35(36,37)38;32-25-12-21-23(14-27(25)34)30(19-6-5-16-3-1-2-4-18(16)11-19)24-15-28(35)26(33)13-22(24)29(21)17-7-9-20(10-8-17)31(36,37)38;1-17-6-8-19(9-7-17)30-22-13-26(32)28(34)15-24(22)31(25-16-29(35)27(33)14-23(25)30)21-11-10-18-4-2-3-5-20(18)12-21/h2*5-19H,1-4H3;1-15H;2-16H,1H3. The van der Waals surface area contributed by atoms with Crippen molar-refractivity contribution in [3.8, 4) is 89.0 Å². The van der Waals surface area contributed by atoms with Gasteiger partial charge in [-0.1, -0.05) is 260 Å². The van der Waals surface area contributed by atoms with Crippen LogP contribution in [0.1, 0.15) is 66.8 Å². The smallest absolute Gasteiger partial charge is 0.204 e. The first-order valence-corrected chi connectivity index (χ1v) is 48.2. The average Bonchev–Trinajstić information content (AvgIpc) is 0.731. The second kappa shape index (κ2) is 38.2. The molecule has 0 radical (unpaired) electrons. The zero-order valence-electron chi connectivity index (χ0n) is 81.6. The molecule has 24 rings (SSSR count). The fourth-order valence-corrected chi connectivity index (χ4v) is 21.0. The molecule has 0 amide bonds. The minimum Gasteiger partial charge on any atom is -0.204 e. The molecule has 0 aromatic heterocycles. The highest BCUT2D eigenvalue weighted by molar-refractivity contribution is 6.27. The Morgan fingerprint density at radius 3 is 0.503 bits per heavy atom. The molecule has 0 saturated carbocycles. The van der Waals surface area contributed by atoms with E-state index in [1.807, 2.05) is 128 Å². The van der Waals surface area contributed by atoms with Crippen LogP contribution in [0.4, 0.5) is 74.6 Å². The van der Waals surface area contributed by atoms with E-state index in [4.69, 9.17) is 0 Å². The molecule has 734 valence electrons. The van der Waals surface area contributed by atoms with Gasteiger partial charge in [0.15, 0.2) is 46.5 Å². The van der Waals surface area contributed by atoms with Crippen molar-refractivity contribution in [3.05, 3.63) is 477 Å². The Balaban J connectivity index is 0.000000116. The van der Waals surface area contributed by atoms with E-state index in [-0.39, 0.29) is 32.7 Å². The van der Waals surface area contributed by atoms with Crippen LogP contribution in [0, 0.1) is 109 Å². The number of halogens is 17. The van der Waals surface area contributed by atoms with Crippen LogP contribution in [0.5, 0.6) is 0 Å². The van der Waals surface area contributed by atoms with Gasteiger partial charge in [-0.2, -0.15) is 39.5 Å². The van der Waals surface area contributed by atoms with E-state index in [1.54, 1.807) is 24.3 Å². The maximum absolute atomic E-state index is 14.6. The van der Waals surface area contributed by atoms with Gasteiger partial charge in [0.1, 0.15) is 0 Å². The summed E-state index contributed by atoms with van der Waals surface area (Å²) in [5.41, 5.74) is 19.4. The van der Waals surface area contributed by atoms with Crippen molar-refractivity contribution in [2.24, 2.45) is 0 Å². The van der Waals surface area contributed by atoms with Crippen molar-refractivity contribution in [1.29, 1.82) is 0 Å². The number of alkyl halides is 9. The molecule has 0 saturated heterocycles. The molecule has 0 aliphatic carbocycles. The molecule has 0 unspecified atom stereocenters. The van der Waals surface area contributed by atoms with E-state index >= 15 is 0 Å². The molecule has 17 heteroatoms. The topological polar surface area (TPSA) is 0 Å². The zero-order valence-corrected chi connectivity index (χ0v) is 81.6. The fraction of sp³-hybridized carbons (Fsp3) is 0.0909. The second-order valence-corrected chi connectivity index (χ2v) is 38.5. The van der Waals surface area contributed by atoms with Gasteiger partial charge in [0, 0.05) is 0 Å². The maximum Gasteiger partial charge on any atom is 0.416 e. The third kappa shape index (κ3) is 18.4. The molecule has 0 nitrogen and oxygen atoms in total. The number of benzene rings is 24. The Labute approximate surface area is 845 Å². The van der Waals surface area contributed by atoms with Crippen molar-refractivity contribution in [3.63, 3.8) is 0 Å². The van der Waals surface area contributed by atoms with Gasteiger partial charge in [-0.05, 0) is 434 Å². The van der Waals surface area contributed by atoms with Crippen LogP contribution in [0.2, 0.25) is 0 Å². The molecule has 0 spiro atoms. The highest BCUT2D eigenvalue weighted by Gasteiger charge is 2.35. The number of hydrogen-bond acceptors (Lipinski definition) is 0. The summed E-state index contributed by atoms with van der Waals surface area (Å²) in [6, 6.07) is 105. The van der Waals surface area contributed by atoms with Gasteiger partial charge >= 0.3 is 18.5 Å². The number of fused-ring (bicyclic) bond motifs is 12. The molecule has 0 bridgehead atoms. The Morgan fingerprint density at radius 1 is 0.134 bits per heavy atom. The predicted molar refractivity (Wildman–Crippen MR) is 577 cm³/mol. The first-order valence-electron chi connectivity index (χ1n) is 48.2. The Bertz CT molecular complexity index is 9090. The summed E-state index contributed by atoms with van der Waals surface area (Å²) >= 11 is 0. The average molecular weight is 2000 g/mol. The quantitative estimate of drug-likeness (QED) is 0.105. The summed E-state index contributed by atoms with van der Waals surface area (Å²) in [6.07, 6.45) is -13.4. The van der Waals surface area contributed by atoms with Crippen molar-refractivity contribution in [2.75, 3.05) is 0 Å². The number of rotatable bonds is 8. The molecule has 149 heavy (non-hydrogen) atoms. The van der Waals surface area contributed by atoms with Gasteiger partial charge < -0.3 is 0 Å². The SMILES string of the molecule is Cc1cc2c(-c3ccc(C(F)(F)F)cc3)c3cc(C)c(C)cc3c(-c3ccc4ccccc4c3)c2cc1C.Cc1cc2c(-c3cccc(C(F)(F)F)c3)c3cc(C)c(C)cc3c(-c3ccc4ccccc4c3)c2cc1C.Cc1ccc(-c2c3cc(F)c(F)cc3c(-c3ccc4ccccc4c3)c3cc(F)c(F)cc23)cc1.Fc1cc2c(-c3ccc(C(F)(F)F)cc3)c3cc(F)c(F)cc3c(-c3ccc4ccccc4c3)c2cc1F. The molecular formula is C132H87F17. The van der Waals surface area contributed by atoms with Gasteiger partial charge in [0.05, 0.1) is 16.7 Å². The molecule has 24 aromatic rings. The van der Waals surface area contributed by atoms with Gasteiger partial charge in [0.25, 0.3) is 0 Å². The minimum absolute atomic E-state index is 0.144. The normalized spacial score (nSPS) is 12.0. The second-order valence-electron chi connectivity index (χ2n) is 38.5. The lowest BCUT2D eigenvalue weighted by atomic mass is 9.83. The van der Waals surface area contributed by atoms with Crippen LogP contribution in [0.15, 0.2) is 364 Å². The first-order chi connectivity index (χ1) is 71.2. The molecule has 0 aliphatic heterocycles. The summed E-state index contributed by atoms with van der Waals surface area (Å²) < 4.78 is 238. The van der Waals surface area contributed by atoms with Crippen molar-refractivity contribution >= 4 is 129 Å². The van der Waals surface area contributed by atoms with Gasteiger partial charge in [0.2, 0.25) is 0 Å². The van der Waals surface area contributed by atoms with Crippen LogP contribution >= 0.6 is 0 Å². The van der Waals surface area contributed by atoms with E-state index in [0.29, 0.717) is 60.5 Å². The molecular weight excluding hydrogens is 1910 g/mol. The Kier molecular flexibility index (Phi) is 25.2. The molecule has 0 heterocycles. The summed E-state index contributed by atoms with van der Waals surface area (Å²) in [4.78, 5) is 0. The van der Waals surface area contributed by atoms with Crippen LogP contribution in [-0.2, 0) is 18.5 Å². The first kappa shape index (κ1) is 98.2. The lowest BCUT2D eigenvalue weighted by molar-refractivity contribution is -0.138. The highest BCUT2D eigenvalue weighted by atomic mass is 19.4. The van der Waals surface area contributed by atoms with E-state index in [0.717, 1.165) is 215 Å².